The van der Waals surface area contributed by atoms with Crippen LogP contribution in [0.1, 0.15) is 21.7 Å². The number of aromatic nitrogens is 1. The number of benzene rings is 2. The van der Waals surface area contributed by atoms with E-state index in [9.17, 15) is 18.0 Å². The van der Waals surface area contributed by atoms with Crippen LogP contribution >= 0.6 is 0 Å². The van der Waals surface area contributed by atoms with E-state index in [1.165, 1.54) is 25.1 Å². The molecule has 3 rings (SSSR count). The van der Waals surface area contributed by atoms with E-state index in [1.54, 1.807) is 30.3 Å². The third-order valence-electron chi connectivity index (χ3n) is 3.62. The molecule has 3 aromatic rings. The predicted octanol–water partition coefficient (Wildman–Crippen LogP) is 4.92. The van der Waals surface area contributed by atoms with Crippen molar-refractivity contribution in [2.75, 3.05) is 5.32 Å². The molecule has 0 aliphatic heterocycles. The van der Waals surface area contributed by atoms with E-state index in [-0.39, 0.29) is 22.7 Å². The van der Waals surface area contributed by atoms with Gasteiger partial charge in [0.1, 0.15) is 17.0 Å². The minimum absolute atomic E-state index is 0.100. The summed E-state index contributed by atoms with van der Waals surface area (Å²) in [5.74, 6) is -0.491. The third kappa shape index (κ3) is 3.40. The number of hydrogen-bond donors (Lipinski definition) is 1. The SMILES string of the molecule is Cc1onc(-c2ccccc2)c1C(=O)Nc1ccccc1C(F)(F)F. The molecule has 0 radical (unpaired) electrons. The Morgan fingerprint density at radius 1 is 1.04 bits per heavy atom. The van der Waals surface area contributed by atoms with Crippen molar-refractivity contribution in [1.29, 1.82) is 0 Å². The van der Waals surface area contributed by atoms with E-state index < -0.39 is 17.6 Å². The van der Waals surface area contributed by atoms with Crippen LogP contribution < -0.4 is 5.32 Å². The van der Waals surface area contributed by atoms with Crippen LogP contribution in [0.4, 0.5) is 18.9 Å². The number of halogens is 3. The number of nitrogens with zero attached hydrogens (tertiary/aromatic N) is 1. The first-order valence-electron chi connectivity index (χ1n) is 7.37. The Morgan fingerprint density at radius 3 is 2.36 bits per heavy atom. The molecule has 0 unspecified atom stereocenters. The van der Waals surface area contributed by atoms with Gasteiger partial charge >= 0.3 is 6.18 Å². The van der Waals surface area contributed by atoms with Crippen molar-refractivity contribution >= 4 is 11.6 Å². The molecule has 0 saturated carbocycles. The van der Waals surface area contributed by atoms with E-state index in [0.717, 1.165) is 6.07 Å². The second-order valence-corrected chi connectivity index (χ2v) is 5.33. The molecule has 0 saturated heterocycles. The van der Waals surface area contributed by atoms with Gasteiger partial charge in [0.05, 0.1) is 11.3 Å². The zero-order chi connectivity index (χ0) is 18.0. The van der Waals surface area contributed by atoms with Gasteiger partial charge in [0.25, 0.3) is 5.91 Å². The Hall–Kier alpha value is -3.09. The van der Waals surface area contributed by atoms with E-state index >= 15 is 0 Å². The fourth-order valence-electron chi connectivity index (χ4n) is 2.46. The van der Waals surface area contributed by atoms with Crippen molar-refractivity contribution < 1.29 is 22.5 Å². The van der Waals surface area contributed by atoms with Crippen molar-refractivity contribution in [2.45, 2.75) is 13.1 Å². The molecular formula is C18H13F3N2O2. The van der Waals surface area contributed by atoms with Gasteiger partial charge in [-0.05, 0) is 19.1 Å². The van der Waals surface area contributed by atoms with E-state index in [0.29, 0.717) is 5.56 Å². The smallest absolute Gasteiger partial charge is 0.360 e. The van der Waals surface area contributed by atoms with Gasteiger partial charge in [-0.2, -0.15) is 13.2 Å². The molecule has 0 fully saturated rings. The Balaban J connectivity index is 1.98. The highest BCUT2D eigenvalue weighted by Gasteiger charge is 2.34. The molecule has 1 aromatic heterocycles. The molecule has 1 N–H and O–H groups in total. The molecule has 1 amide bonds. The summed E-state index contributed by atoms with van der Waals surface area (Å²) < 4.78 is 44.3. The largest absolute Gasteiger partial charge is 0.418 e. The minimum Gasteiger partial charge on any atom is -0.360 e. The second-order valence-electron chi connectivity index (χ2n) is 5.33. The van der Waals surface area contributed by atoms with Gasteiger partial charge in [-0.3, -0.25) is 4.79 Å². The zero-order valence-corrected chi connectivity index (χ0v) is 13.1. The average molecular weight is 346 g/mol. The molecule has 25 heavy (non-hydrogen) atoms. The number of hydrogen-bond acceptors (Lipinski definition) is 3. The number of alkyl halides is 3. The van der Waals surface area contributed by atoms with E-state index in [1.807, 2.05) is 0 Å². The molecule has 0 aliphatic carbocycles. The van der Waals surface area contributed by atoms with Crippen molar-refractivity contribution in [3.05, 3.63) is 71.5 Å². The van der Waals surface area contributed by atoms with Crippen LogP contribution in [0.3, 0.4) is 0 Å². The van der Waals surface area contributed by atoms with Crippen molar-refractivity contribution in [3.8, 4) is 11.3 Å². The topological polar surface area (TPSA) is 55.1 Å². The number of carbonyl (C=O) groups excluding carboxylic acids is 1. The maximum atomic E-state index is 13.1. The summed E-state index contributed by atoms with van der Waals surface area (Å²) in [6.45, 7) is 1.53. The maximum absolute atomic E-state index is 13.1. The van der Waals surface area contributed by atoms with Gasteiger partial charge in [0.2, 0.25) is 0 Å². The second kappa shape index (κ2) is 6.43. The highest BCUT2D eigenvalue weighted by atomic mass is 19.4. The van der Waals surface area contributed by atoms with Crippen LogP contribution in [-0.4, -0.2) is 11.1 Å². The van der Waals surface area contributed by atoms with E-state index in [4.69, 9.17) is 4.52 Å². The van der Waals surface area contributed by atoms with Gasteiger partial charge in [0.15, 0.2) is 0 Å². The lowest BCUT2D eigenvalue weighted by molar-refractivity contribution is -0.136. The summed E-state index contributed by atoms with van der Waals surface area (Å²) in [5, 5.41) is 6.17. The molecule has 0 bridgehead atoms. The Kier molecular flexibility index (Phi) is 4.31. The van der Waals surface area contributed by atoms with Gasteiger partial charge in [-0.15, -0.1) is 0 Å². The lowest BCUT2D eigenvalue weighted by Crippen LogP contribution is -2.17. The Morgan fingerprint density at radius 2 is 1.68 bits per heavy atom. The molecular weight excluding hydrogens is 333 g/mol. The summed E-state index contributed by atoms with van der Waals surface area (Å²) in [5.41, 5.74) is -0.227. The molecule has 1 heterocycles. The number of anilines is 1. The first kappa shape index (κ1) is 16.8. The Labute approximate surface area is 141 Å². The highest BCUT2D eigenvalue weighted by Crippen LogP contribution is 2.35. The lowest BCUT2D eigenvalue weighted by atomic mass is 10.1. The standard InChI is InChI=1S/C18H13F3N2O2/c1-11-15(16(23-25-11)12-7-3-2-4-8-12)17(24)22-14-10-6-5-9-13(14)18(19,20)21/h2-10H,1H3,(H,22,24). The average Bonchev–Trinajstić information content (AvgIpc) is 2.97. The first-order chi connectivity index (χ1) is 11.9. The number of para-hydroxylation sites is 1. The van der Waals surface area contributed by atoms with Gasteiger partial charge < -0.3 is 9.84 Å². The van der Waals surface area contributed by atoms with Crippen molar-refractivity contribution in [3.63, 3.8) is 0 Å². The highest BCUT2D eigenvalue weighted by molar-refractivity contribution is 6.09. The molecule has 4 nitrogen and oxygen atoms in total. The summed E-state index contributed by atoms with van der Waals surface area (Å²) in [6, 6.07) is 13.6. The van der Waals surface area contributed by atoms with Crippen LogP contribution in [0.15, 0.2) is 59.1 Å². The summed E-state index contributed by atoms with van der Waals surface area (Å²) in [4.78, 5) is 12.6. The fraction of sp³-hybridized carbons (Fsp3) is 0.111. The summed E-state index contributed by atoms with van der Waals surface area (Å²) in [6.07, 6.45) is -4.57. The minimum atomic E-state index is -4.57. The summed E-state index contributed by atoms with van der Waals surface area (Å²) in [7, 11) is 0. The van der Waals surface area contributed by atoms with Crippen molar-refractivity contribution in [2.24, 2.45) is 0 Å². The van der Waals surface area contributed by atoms with Crippen LogP contribution in [0.2, 0.25) is 0 Å². The van der Waals surface area contributed by atoms with Crippen molar-refractivity contribution in [1.82, 2.24) is 5.16 Å². The Bertz CT molecular complexity index is 902. The van der Waals surface area contributed by atoms with Gasteiger partial charge in [-0.1, -0.05) is 47.6 Å². The maximum Gasteiger partial charge on any atom is 0.418 e. The van der Waals surface area contributed by atoms with Crippen LogP contribution in [0.5, 0.6) is 0 Å². The van der Waals surface area contributed by atoms with Gasteiger partial charge in [-0.25, -0.2) is 0 Å². The third-order valence-corrected chi connectivity index (χ3v) is 3.62. The summed E-state index contributed by atoms with van der Waals surface area (Å²) >= 11 is 0. The molecule has 128 valence electrons. The number of amides is 1. The monoisotopic (exact) mass is 346 g/mol. The molecule has 7 heteroatoms. The predicted molar refractivity (Wildman–Crippen MR) is 86.1 cm³/mol. The number of nitrogens with one attached hydrogen (secondary N) is 1. The number of carbonyl (C=O) groups is 1. The molecule has 0 atom stereocenters. The fourth-order valence-corrected chi connectivity index (χ4v) is 2.46. The molecule has 0 spiro atoms. The number of rotatable bonds is 3. The normalized spacial score (nSPS) is 11.4. The quantitative estimate of drug-likeness (QED) is 0.732. The van der Waals surface area contributed by atoms with Crippen LogP contribution in [0, 0.1) is 6.92 Å². The lowest BCUT2D eigenvalue weighted by Gasteiger charge is -2.13. The molecule has 0 aliphatic rings. The zero-order valence-electron chi connectivity index (χ0n) is 13.1. The first-order valence-corrected chi connectivity index (χ1v) is 7.37. The van der Waals surface area contributed by atoms with Crippen LogP contribution in [-0.2, 0) is 6.18 Å². The van der Waals surface area contributed by atoms with Crippen LogP contribution in [0.25, 0.3) is 11.3 Å². The molecule has 2 aromatic carbocycles. The van der Waals surface area contributed by atoms with E-state index in [2.05, 4.69) is 10.5 Å². The van der Waals surface area contributed by atoms with Gasteiger partial charge in [0, 0.05) is 5.56 Å². The number of aryl methyl sites for hydroxylation is 1.